The molecule has 0 bridgehead atoms. The molecule has 0 spiro atoms. The number of carbonyl (C=O) groups is 1. The summed E-state index contributed by atoms with van der Waals surface area (Å²) < 4.78 is 40.6. The van der Waals surface area contributed by atoms with Crippen molar-refractivity contribution in [1.82, 2.24) is 15.1 Å². The zero-order valence-corrected chi connectivity index (χ0v) is 16.0. The molecule has 0 aromatic heterocycles. The average molecular weight is 400 g/mol. The highest BCUT2D eigenvalue weighted by Gasteiger charge is 2.36. The molecule has 2 fully saturated rings. The number of hydrogen-bond donors (Lipinski definition) is 1. The number of nitrogens with zero attached hydrogens (tertiary/aromatic N) is 3. The highest BCUT2D eigenvalue weighted by molar-refractivity contribution is 5.75. The van der Waals surface area contributed by atoms with Crippen molar-refractivity contribution in [2.45, 2.75) is 32.2 Å². The number of nitrogens with one attached hydrogen (secondary N) is 1. The number of hydrogen-bond acceptors (Lipinski definition) is 4. The van der Waals surface area contributed by atoms with E-state index in [2.05, 4.69) is 26.8 Å². The average Bonchev–Trinajstić information content (AvgIpc) is 2.61. The Balaban J connectivity index is 1.40. The SMILES string of the molecule is CCCCNC(=O)N1CC(N2CCN(c3ccc(OC(F)(F)F)cc3)CC2)C1. The number of rotatable bonds is 6. The number of alkyl halides is 3. The molecule has 2 saturated heterocycles. The molecule has 9 heteroatoms. The van der Waals surface area contributed by atoms with Crippen LogP contribution in [0.15, 0.2) is 24.3 Å². The van der Waals surface area contributed by atoms with Crippen LogP contribution in [0.2, 0.25) is 0 Å². The number of ether oxygens (including phenoxy) is 1. The molecule has 0 radical (unpaired) electrons. The van der Waals surface area contributed by atoms with Crippen LogP contribution in [0.4, 0.5) is 23.7 Å². The summed E-state index contributed by atoms with van der Waals surface area (Å²) in [6.07, 6.45) is -2.61. The minimum atomic E-state index is -4.67. The Kier molecular flexibility index (Phi) is 6.53. The van der Waals surface area contributed by atoms with Gasteiger partial charge in [0, 0.05) is 57.5 Å². The Morgan fingerprint density at radius 3 is 2.36 bits per heavy atom. The zero-order chi connectivity index (χ0) is 20.1. The second-order valence-corrected chi connectivity index (χ2v) is 7.21. The summed E-state index contributed by atoms with van der Waals surface area (Å²) in [5.74, 6) is -0.207. The second kappa shape index (κ2) is 8.89. The maximum atomic E-state index is 12.2. The van der Waals surface area contributed by atoms with E-state index in [0.29, 0.717) is 6.04 Å². The summed E-state index contributed by atoms with van der Waals surface area (Å²) >= 11 is 0. The van der Waals surface area contributed by atoms with Gasteiger partial charge >= 0.3 is 12.4 Å². The van der Waals surface area contributed by atoms with Gasteiger partial charge in [-0.05, 0) is 30.7 Å². The number of carbonyl (C=O) groups excluding carboxylic acids is 1. The topological polar surface area (TPSA) is 48.1 Å². The van der Waals surface area contributed by atoms with Crippen LogP contribution >= 0.6 is 0 Å². The molecule has 0 saturated carbocycles. The molecule has 28 heavy (non-hydrogen) atoms. The van der Waals surface area contributed by atoms with Gasteiger partial charge in [0.15, 0.2) is 0 Å². The molecular formula is C19H27F3N4O2. The van der Waals surface area contributed by atoms with E-state index in [0.717, 1.165) is 64.3 Å². The predicted molar refractivity (Wildman–Crippen MR) is 101 cm³/mol. The van der Waals surface area contributed by atoms with E-state index in [4.69, 9.17) is 0 Å². The van der Waals surface area contributed by atoms with Crippen molar-refractivity contribution in [3.63, 3.8) is 0 Å². The van der Waals surface area contributed by atoms with Gasteiger partial charge in [-0.25, -0.2) is 4.79 Å². The lowest BCUT2D eigenvalue weighted by atomic mass is 10.1. The van der Waals surface area contributed by atoms with Gasteiger partial charge < -0.3 is 19.9 Å². The van der Waals surface area contributed by atoms with E-state index in [1.165, 1.54) is 12.1 Å². The fourth-order valence-corrected chi connectivity index (χ4v) is 3.54. The van der Waals surface area contributed by atoms with Crippen LogP contribution < -0.4 is 15.0 Å². The third kappa shape index (κ3) is 5.43. The largest absolute Gasteiger partial charge is 0.573 e. The first kappa shape index (κ1) is 20.6. The smallest absolute Gasteiger partial charge is 0.406 e. The quantitative estimate of drug-likeness (QED) is 0.746. The van der Waals surface area contributed by atoms with E-state index in [1.54, 1.807) is 12.1 Å². The number of halogens is 3. The van der Waals surface area contributed by atoms with E-state index in [9.17, 15) is 18.0 Å². The van der Waals surface area contributed by atoms with Crippen LogP contribution in [0.3, 0.4) is 0 Å². The van der Waals surface area contributed by atoms with Gasteiger partial charge in [-0.3, -0.25) is 4.90 Å². The standard InChI is InChI=1S/C19H27F3N4O2/c1-2-3-8-23-18(27)26-13-16(14-26)25-11-9-24(10-12-25)15-4-6-17(7-5-15)28-19(20,21)22/h4-7,16H,2-3,8-14H2,1H3,(H,23,27). The van der Waals surface area contributed by atoms with E-state index in [-0.39, 0.29) is 11.8 Å². The Morgan fingerprint density at radius 2 is 1.79 bits per heavy atom. The highest BCUT2D eigenvalue weighted by atomic mass is 19.4. The van der Waals surface area contributed by atoms with E-state index in [1.807, 2.05) is 4.90 Å². The molecule has 1 aromatic rings. The van der Waals surface area contributed by atoms with Gasteiger partial charge in [-0.1, -0.05) is 13.3 Å². The summed E-state index contributed by atoms with van der Waals surface area (Å²) in [5.41, 5.74) is 0.889. The number of unbranched alkanes of at least 4 members (excludes halogenated alkanes) is 1. The maximum absolute atomic E-state index is 12.2. The first-order valence-electron chi connectivity index (χ1n) is 9.73. The summed E-state index contributed by atoms with van der Waals surface area (Å²) in [4.78, 5) is 18.4. The number of amides is 2. The Hall–Kier alpha value is -2.16. The van der Waals surface area contributed by atoms with Gasteiger partial charge in [0.25, 0.3) is 0 Å². The van der Waals surface area contributed by atoms with Gasteiger partial charge in [0.05, 0.1) is 0 Å². The van der Waals surface area contributed by atoms with Gasteiger partial charge in [0.1, 0.15) is 5.75 Å². The van der Waals surface area contributed by atoms with Crippen molar-refractivity contribution < 1.29 is 22.7 Å². The molecule has 2 aliphatic rings. The van der Waals surface area contributed by atoms with Gasteiger partial charge in [0.2, 0.25) is 0 Å². The van der Waals surface area contributed by atoms with Crippen LogP contribution in [0.5, 0.6) is 5.75 Å². The number of piperazine rings is 1. The summed E-state index contributed by atoms with van der Waals surface area (Å²) in [5, 5.41) is 2.94. The Labute approximate surface area is 163 Å². The van der Waals surface area contributed by atoms with Gasteiger partial charge in [-0.2, -0.15) is 0 Å². The molecule has 1 aromatic carbocycles. The van der Waals surface area contributed by atoms with Crippen molar-refractivity contribution >= 4 is 11.7 Å². The van der Waals surface area contributed by atoms with Crippen molar-refractivity contribution in [3.05, 3.63) is 24.3 Å². The molecule has 0 aliphatic carbocycles. The number of benzene rings is 1. The fourth-order valence-electron chi connectivity index (χ4n) is 3.54. The first-order chi connectivity index (χ1) is 13.4. The maximum Gasteiger partial charge on any atom is 0.573 e. The number of likely N-dealkylation sites (tertiary alicyclic amines) is 1. The number of anilines is 1. The van der Waals surface area contributed by atoms with Crippen molar-refractivity contribution in [2.24, 2.45) is 0 Å². The summed E-state index contributed by atoms with van der Waals surface area (Å²) in [6.45, 7) is 7.67. The summed E-state index contributed by atoms with van der Waals surface area (Å²) in [7, 11) is 0. The molecule has 0 atom stereocenters. The Bertz CT molecular complexity index is 640. The molecule has 0 unspecified atom stereocenters. The monoisotopic (exact) mass is 400 g/mol. The van der Waals surface area contributed by atoms with E-state index >= 15 is 0 Å². The minimum absolute atomic E-state index is 0.0181. The minimum Gasteiger partial charge on any atom is -0.406 e. The number of urea groups is 1. The van der Waals surface area contributed by atoms with Crippen molar-refractivity contribution in [3.8, 4) is 5.75 Å². The second-order valence-electron chi connectivity index (χ2n) is 7.21. The molecule has 2 heterocycles. The Morgan fingerprint density at radius 1 is 1.14 bits per heavy atom. The third-order valence-corrected chi connectivity index (χ3v) is 5.22. The molecule has 156 valence electrons. The van der Waals surface area contributed by atoms with Crippen LogP contribution in [-0.4, -0.2) is 74.0 Å². The third-order valence-electron chi connectivity index (χ3n) is 5.22. The van der Waals surface area contributed by atoms with Crippen LogP contribution in [-0.2, 0) is 0 Å². The molecule has 6 nitrogen and oxygen atoms in total. The molecule has 2 amide bonds. The molecule has 3 rings (SSSR count). The lowest BCUT2D eigenvalue weighted by Crippen LogP contribution is -2.65. The normalized spacial score (nSPS) is 18.7. The lowest BCUT2D eigenvalue weighted by Gasteiger charge is -2.48. The predicted octanol–water partition coefficient (Wildman–Crippen LogP) is 2.90. The molecular weight excluding hydrogens is 373 g/mol. The highest BCUT2D eigenvalue weighted by Crippen LogP contribution is 2.26. The first-order valence-corrected chi connectivity index (χ1v) is 9.73. The van der Waals surface area contributed by atoms with E-state index < -0.39 is 6.36 Å². The van der Waals surface area contributed by atoms with Crippen molar-refractivity contribution in [2.75, 3.05) is 50.7 Å². The molecule has 2 aliphatic heterocycles. The lowest BCUT2D eigenvalue weighted by molar-refractivity contribution is -0.274. The molecule has 1 N–H and O–H groups in total. The van der Waals surface area contributed by atoms with Gasteiger partial charge in [-0.15, -0.1) is 13.2 Å². The fraction of sp³-hybridized carbons (Fsp3) is 0.632. The zero-order valence-electron chi connectivity index (χ0n) is 16.0. The van der Waals surface area contributed by atoms with Crippen molar-refractivity contribution in [1.29, 1.82) is 0 Å². The van der Waals surface area contributed by atoms with Crippen LogP contribution in [0, 0.1) is 0 Å². The van der Waals surface area contributed by atoms with Crippen LogP contribution in [0.25, 0.3) is 0 Å². The van der Waals surface area contributed by atoms with Crippen LogP contribution in [0.1, 0.15) is 19.8 Å². The summed E-state index contributed by atoms with van der Waals surface area (Å²) in [6, 6.07) is 6.41.